The summed E-state index contributed by atoms with van der Waals surface area (Å²) in [6.07, 6.45) is 0. The maximum absolute atomic E-state index is 12.3. The second kappa shape index (κ2) is 6.90. The van der Waals surface area contributed by atoms with Crippen LogP contribution in [0, 0.1) is 13.8 Å². The van der Waals surface area contributed by atoms with Crippen LogP contribution >= 0.6 is 0 Å². The Morgan fingerprint density at radius 3 is 2.12 bits per heavy atom. The van der Waals surface area contributed by atoms with E-state index in [0.717, 1.165) is 16.8 Å². The molecule has 0 atom stereocenters. The van der Waals surface area contributed by atoms with Gasteiger partial charge < -0.3 is 5.32 Å². The van der Waals surface area contributed by atoms with Crippen molar-refractivity contribution in [2.24, 2.45) is 0 Å². The highest BCUT2D eigenvalue weighted by atomic mass is 32.2. The summed E-state index contributed by atoms with van der Waals surface area (Å²) >= 11 is 0. The number of benzene rings is 2. The third kappa shape index (κ3) is 4.33. The monoisotopic (exact) mass is 354 g/mol. The van der Waals surface area contributed by atoms with Crippen molar-refractivity contribution in [2.45, 2.75) is 18.7 Å². The van der Waals surface area contributed by atoms with Crippen LogP contribution in [0.2, 0.25) is 0 Å². The molecule has 25 heavy (non-hydrogen) atoms. The van der Waals surface area contributed by atoms with Crippen molar-refractivity contribution in [3.05, 3.63) is 71.8 Å². The van der Waals surface area contributed by atoms with E-state index in [0.29, 0.717) is 5.82 Å². The first-order chi connectivity index (χ1) is 11.9. The van der Waals surface area contributed by atoms with Gasteiger partial charge in [0.1, 0.15) is 0 Å². The van der Waals surface area contributed by atoms with Crippen LogP contribution < -0.4 is 10.0 Å². The molecule has 2 N–H and O–H groups in total. The SMILES string of the molecule is Cc1ccc(S(=O)(=O)Nc2ccc(Nc3cccc(C)c3)nn2)cc1. The Labute approximate surface area is 147 Å². The first-order valence-corrected chi connectivity index (χ1v) is 9.18. The van der Waals surface area contributed by atoms with Crippen LogP contribution in [0.3, 0.4) is 0 Å². The highest BCUT2D eigenvalue weighted by Crippen LogP contribution is 2.18. The maximum atomic E-state index is 12.3. The summed E-state index contributed by atoms with van der Waals surface area (Å²) in [6, 6.07) is 17.7. The van der Waals surface area contributed by atoms with Crippen LogP contribution in [-0.2, 0) is 10.0 Å². The molecule has 0 radical (unpaired) electrons. The number of aryl methyl sites for hydroxylation is 2. The summed E-state index contributed by atoms with van der Waals surface area (Å²) in [5.41, 5.74) is 3.01. The highest BCUT2D eigenvalue weighted by Gasteiger charge is 2.14. The molecule has 1 heterocycles. The maximum Gasteiger partial charge on any atom is 0.263 e. The smallest absolute Gasteiger partial charge is 0.263 e. The summed E-state index contributed by atoms with van der Waals surface area (Å²) in [5, 5.41) is 11.1. The molecule has 128 valence electrons. The molecule has 3 aromatic rings. The summed E-state index contributed by atoms with van der Waals surface area (Å²) in [5.74, 6) is 0.694. The lowest BCUT2D eigenvalue weighted by Gasteiger charge is -2.09. The molecule has 3 rings (SSSR count). The third-order valence-corrected chi connectivity index (χ3v) is 4.90. The van der Waals surface area contributed by atoms with E-state index in [9.17, 15) is 8.42 Å². The fourth-order valence-electron chi connectivity index (χ4n) is 2.24. The van der Waals surface area contributed by atoms with Crippen molar-refractivity contribution in [1.82, 2.24) is 10.2 Å². The molecule has 0 aliphatic rings. The fourth-order valence-corrected chi connectivity index (χ4v) is 3.23. The summed E-state index contributed by atoms with van der Waals surface area (Å²) in [7, 11) is -3.68. The standard InChI is InChI=1S/C18H18N4O2S/c1-13-6-8-16(9-7-13)25(23,24)22-18-11-10-17(20-21-18)19-15-5-3-4-14(2)12-15/h3-12H,1-2H3,(H,19,20)(H,21,22). The van der Waals surface area contributed by atoms with E-state index in [2.05, 4.69) is 20.2 Å². The topological polar surface area (TPSA) is 84.0 Å². The zero-order valence-corrected chi connectivity index (χ0v) is 14.7. The van der Waals surface area contributed by atoms with Crippen molar-refractivity contribution in [2.75, 3.05) is 10.0 Å². The van der Waals surface area contributed by atoms with Crippen LogP contribution in [0.15, 0.2) is 65.6 Å². The Hall–Kier alpha value is -2.93. The van der Waals surface area contributed by atoms with E-state index in [4.69, 9.17) is 0 Å². The number of hydrogen-bond acceptors (Lipinski definition) is 5. The van der Waals surface area contributed by atoms with Crippen molar-refractivity contribution >= 4 is 27.3 Å². The molecule has 0 fully saturated rings. The number of rotatable bonds is 5. The van der Waals surface area contributed by atoms with Gasteiger partial charge in [0, 0.05) is 5.69 Å². The summed E-state index contributed by atoms with van der Waals surface area (Å²) < 4.78 is 27.1. The molecular weight excluding hydrogens is 336 g/mol. The van der Waals surface area contributed by atoms with Crippen LogP contribution in [0.5, 0.6) is 0 Å². The van der Waals surface area contributed by atoms with Gasteiger partial charge in [-0.2, -0.15) is 0 Å². The minimum atomic E-state index is -3.68. The van der Waals surface area contributed by atoms with Crippen LogP contribution in [0.4, 0.5) is 17.3 Å². The van der Waals surface area contributed by atoms with Gasteiger partial charge in [-0.15, -0.1) is 10.2 Å². The zero-order valence-electron chi connectivity index (χ0n) is 13.9. The Morgan fingerprint density at radius 2 is 1.48 bits per heavy atom. The van der Waals surface area contributed by atoms with Gasteiger partial charge in [0.25, 0.3) is 10.0 Å². The molecule has 2 aromatic carbocycles. The van der Waals surface area contributed by atoms with Gasteiger partial charge >= 0.3 is 0 Å². The van der Waals surface area contributed by atoms with Gasteiger partial charge in [-0.3, -0.25) is 4.72 Å². The lowest BCUT2D eigenvalue weighted by atomic mass is 10.2. The second-order valence-electron chi connectivity index (χ2n) is 5.72. The average molecular weight is 354 g/mol. The molecule has 6 nitrogen and oxygen atoms in total. The lowest BCUT2D eigenvalue weighted by molar-refractivity contribution is 0.601. The number of aromatic nitrogens is 2. The average Bonchev–Trinajstić information content (AvgIpc) is 2.57. The van der Waals surface area contributed by atoms with Gasteiger partial charge in [-0.1, -0.05) is 29.8 Å². The van der Waals surface area contributed by atoms with Crippen LogP contribution in [-0.4, -0.2) is 18.6 Å². The van der Waals surface area contributed by atoms with Crippen LogP contribution in [0.1, 0.15) is 11.1 Å². The quantitative estimate of drug-likeness (QED) is 0.731. The predicted molar refractivity (Wildman–Crippen MR) is 98.5 cm³/mol. The molecule has 0 aliphatic carbocycles. The number of anilines is 3. The first kappa shape index (κ1) is 16.9. The second-order valence-corrected chi connectivity index (χ2v) is 7.40. The molecular formula is C18H18N4O2S. The fraction of sp³-hybridized carbons (Fsp3) is 0.111. The largest absolute Gasteiger partial charge is 0.339 e. The van der Waals surface area contributed by atoms with Crippen molar-refractivity contribution in [1.29, 1.82) is 0 Å². The van der Waals surface area contributed by atoms with Crippen LogP contribution in [0.25, 0.3) is 0 Å². The van der Waals surface area contributed by atoms with E-state index < -0.39 is 10.0 Å². The first-order valence-electron chi connectivity index (χ1n) is 7.69. The number of nitrogens with zero attached hydrogens (tertiary/aromatic N) is 2. The van der Waals surface area contributed by atoms with Gasteiger partial charge in [0.2, 0.25) is 0 Å². The molecule has 0 amide bonds. The molecule has 7 heteroatoms. The summed E-state index contributed by atoms with van der Waals surface area (Å²) in [4.78, 5) is 0.182. The highest BCUT2D eigenvalue weighted by molar-refractivity contribution is 7.92. The molecule has 0 spiro atoms. The molecule has 0 unspecified atom stereocenters. The van der Waals surface area contributed by atoms with Crippen molar-refractivity contribution in [3.8, 4) is 0 Å². The van der Waals surface area contributed by atoms with Crippen molar-refractivity contribution in [3.63, 3.8) is 0 Å². The van der Waals surface area contributed by atoms with Gasteiger partial charge in [0.15, 0.2) is 11.6 Å². The molecule has 1 aromatic heterocycles. The minimum absolute atomic E-state index is 0.162. The van der Waals surface area contributed by atoms with E-state index in [-0.39, 0.29) is 10.7 Å². The zero-order chi connectivity index (χ0) is 17.9. The molecule has 0 saturated heterocycles. The Bertz CT molecular complexity index is 969. The Kier molecular flexibility index (Phi) is 4.67. The van der Waals surface area contributed by atoms with Gasteiger partial charge in [-0.05, 0) is 55.8 Å². The van der Waals surface area contributed by atoms with E-state index in [1.54, 1.807) is 36.4 Å². The summed E-state index contributed by atoms with van der Waals surface area (Å²) in [6.45, 7) is 3.90. The van der Waals surface area contributed by atoms with E-state index in [1.807, 2.05) is 38.1 Å². The Morgan fingerprint density at radius 1 is 0.800 bits per heavy atom. The predicted octanol–water partition coefficient (Wildman–Crippen LogP) is 3.64. The molecule has 0 aliphatic heterocycles. The lowest BCUT2D eigenvalue weighted by Crippen LogP contribution is -2.14. The van der Waals surface area contributed by atoms with Crippen molar-refractivity contribution < 1.29 is 8.42 Å². The Balaban J connectivity index is 1.73. The molecule has 0 bridgehead atoms. The van der Waals surface area contributed by atoms with Gasteiger partial charge in [0.05, 0.1) is 4.90 Å². The number of sulfonamides is 1. The molecule has 0 saturated carbocycles. The van der Waals surface area contributed by atoms with Gasteiger partial charge in [-0.25, -0.2) is 8.42 Å². The number of hydrogen-bond donors (Lipinski definition) is 2. The van der Waals surface area contributed by atoms with E-state index in [1.165, 1.54) is 0 Å². The number of nitrogens with one attached hydrogen (secondary N) is 2. The van der Waals surface area contributed by atoms with E-state index >= 15 is 0 Å². The normalized spacial score (nSPS) is 11.1. The third-order valence-electron chi connectivity index (χ3n) is 3.53. The minimum Gasteiger partial charge on any atom is -0.339 e.